The van der Waals surface area contributed by atoms with Gasteiger partial charge in [-0.1, -0.05) is 11.6 Å². The van der Waals surface area contributed by atoms with Gasteiger partial charge < -0.3 is 10.2 Å². The van der Waals surface area contributed by atoms with Crippen molar-refractivity contribution in [2.24, 2.45) is 0 Å². The smallest absolute Gasteiger partial charge is 0.0597 e. The average molecular weight is 265 g/mol. The van der Waals surface area contributed by atoms with Crippen LogP contribution in [0, 0.1) is 6.92 Å². The number of anilines is 2. The molecule has 4 nitrogen and oxygen atoms in total. The molecule has 0 spiro atoms. The molecule has 5 heteroatoms. The maximum atomic E-state index is 6.04. The topological polar surface area (TPSA) is 44.0 Å². The van der Waals surface area contributed by atoms with Gasteiger partial charge in [0.25, 0.3) is 0 Å². The molecule has 0 saturated heterocycles. The molecule has 0 fully saturated rings. The Kier molecular flexibility index (Phi) is 3.77. The van der Waals surface area contributed by atoms with E-state index >= 15 is 0 Å². The number of halogens is 1. The molecule has 2 aromatic rings. The monoisotopic (exact) mass is 264 g/mol. The van der Waals surface area contributed by atoms with Crippen LogP contribution in [0.1, 0.15) is 11.3 Å². The Bertz CT molecular complexity index is 534. The molecule has 0 saturated carbocycles. The zero-order valence-electron chi connectivity index (χ0n) is 10.8. The Hall–Kier alpha value is -1.68. The SMILES string of the molecule is Cc1[nH]ncc1CNc1cc(Cl)ccc1N(C)C. The standard InChI is InChI=1S/C13H17ClN4/c1-9-10(8-16-17-9)7-15-12-6-11(14)4-5-13(12)18(2)3/h4-6,8,15H,7H2,1-3H3,(H,16,17). The third kappa shape index (κ3) is 2.76. The predicted octanol–water partition coefficient (Wildman–Crippen LogP) is 3.05. The lowest BCUT2D eigenvalue weighted by atomic mass is 10.2. The van der Waals surface area contributed by atoms with Crippen molar-refractivity contribution in [3.8, 4) is 0 Å². The fraction of sp³-hybridized carbons (Fsp3) is 0.308. The van der Waals surface area contributed by atoms with E-state index in [9.17, 15) is 0 Å². The van der Waals surface area contributed by atoms with Gasteiger partial charge in [-0.15, -0.1) is 0 Å². The van der Waals surface area contributed by atoms with E-state index < -0.39 is 0 Å². The van der Waals surface area contributed by atoms with Crippen LogP contribution in [0.3, 0.4) is 0 Å². The van der Waals surface area contributed by atoms with Gasteiger partial charge in [0, 0.05) is 36.9 Å². The minimum Gasteiger partial charge on any atom is -0.379 e. The zero-order valence-corrected chi connectivity index (χ0v) is 11.5. The summed E-state index contributed by atoms with van der Waals surface area (Å²) in [5, 5.41) is 11.1. The van der Waals surface area contributed by atoms with Crippen molar-refractivity contribution in [1.82, 2.24) is 10.2 Å². The molecule has 0 radical (unpaired) electrons. The lowest BCUT2D eigenvalue weighted by Gasteiger charge is -2.18. The Morgan fingerprint density at radius 3 is 2.78 bits per heavy atom. The van der Waals surface area contributed by atoms with Crippen LogP contribution in [0.2, 0.25) is 5.02 Å². The van der Waals surface area contributed by atoms with E-state index in [0.717, 1.165) is 34.2 Å². The first kappa shape index (κ1) is 12.8. The number of H-pyrrole nitrogens is 1. The summed E-state index contributed by atoms with van der Waals surface area (Å²) in [4.78, 5) is 2.06. The number of aromatic amines is 1. The van der Waals surface area contributed by atoms with Gasteiger partial charge in [0.2, 0.25) is 0 Å². The summed E-state index contributed by atoms with van der Waals surface area (Å²) in [6.45, 7) is 2.73. The first-order valence-electron chi connectivity index (χ1n) is 5.77. The molecule has 0 atom stereocenters. The van der Waals surface area contributed by atoms with Crippen LogP contribution in [0.5, 0.6) is 0 Å². The number of nitrogens with one attached hydrogen (secondary N) is 2. The quantitative estimate of drug-likeness (QED) is 0.892. The van der Waals surface area contributed by atoms with Crippen molar-refractivity contribution >= 4 is 23.0 Å². The molecule has 18 heavy (non-hydrogen) atoms. The van der Waals surface area contributed by atoms with E-state index in [0.29, 0.717) is 0 Å². The average Bonchev–Trinajstić information content (AvgIpc) is 2.72. The van der Waals surface area contributed by atoms with Crippen LogP contribution in [-0.4, -0.2) is 24.3 Å². The molecular formula is C13H17ClN4. The first-order valence-corrected chi connectivity index (χ1v) is 6.15. The minimum absolute atomic E-state index is 0.726. The molecule has 0 bridgehead atoms. The van der Waals surface area contributed by atoms with Crippen molar-refractivity contribution in [3.63, 3.8) is 0 Å². The first-order chi connectivity index (χ1) is 8.58. The van der Waals surface area contributed by atoms with Crippen LogP contribution in [0.25, 0.3) is 0 Å². The van der Waals surface area contributed by atoms with Crippen molar-refractivity contribution in [3.05, 3.63) is 40.7 Å². The number of nitrogens with zero attached hydrogens (tertiary/aromatic N) is 2. The van der Waals surface area contributed by atoms with E-state index in [-0.39, 0.29) is 0 Å². The number of rotatable bonds is 4. The van der Waals surface area contributed by atoms with Crippen molar-refractivity contribution < 1.29 is 0 Å². The third-order valence-corrected chi connectivity index (χ3v) is 3.08. The number of benzene rings is 1. The summed E-state index contributed by atoms with van der Waals surface area (Å²) in [7, 11) is 4.02. The lowest BCUT2D eigenvalue weighted by molar-refractivity contribution is 1.04. The number of hydrogen-bond acceptors (Lipinski definition) is 3. The van der Waals surface area contributed by atoms with Crippen LogP contribution in [0.15, 0.2) is 24.4 Å². The van der Waals surface area contributed by atoms with Crippen molar-refractivity contribution in [2.75, 3.05) is 24.3 Å². The Morgan fingerprint density at radius 2 is 2.17 bits per heavy atom. The van der Waals surface area contributed by atoms with Crippen LogP contribution < -0.4 is 10.2 Å². The summed E-state index contributed by atoms with van der Waals surface area (Å²) in [6, 6.07) is 5.84. The highest BCUT2D eigenvalue weighted by atomic mass is 35.5. The zero-order chi connectivity index (χ0) is 13.1. The van der Waals surface area contributed by atoms with Crippen LogP contribution in [-0.2, 0) is 6.54 Å². The summed E-state index contributed by atoms with van der Waals surface area (Å²) in [5.74, 6) is 0. The van der Waals surface area contributed by atoms with Gasteiger partial charge >= 0.3 is 0 Å². The molecule has 96 valence electrons. The summed E-state index contributed by atoms with van der Waals surface area (Å²) in [5.41, 5.74) is 4.37. The molecule has 1 heterocycles. The van der Waals surface area contributed by atoms with E-state index in [4.69, 9.17) is 11.6 Å². The second kappa shape index (κ2) is 5.31. The normalized spacial score (nSPS) is 10.4. The second-order valence-electron chi connectivity index (χ2n) is 4.43. The number of aryl methyl sites for hydroxylation is 1. The molecule has 1 aromatic carbocycles. The largest absolute Gasteiger partial charge is 0.379 e. The molecule has 0 aliphatic heterocycles. The maximum Gasteiger partial charge on any atom is 0.0597 e. The highest BCUT2D eigenvalue weighted by Crippen LogP contribution is 2.28. The van der Waals surface area contributed by atoms with E-state index in [1.807, 2.05) is 45.4 Å². The molecule has 0 aliphatic carbocycles. The molecular weight excluding hydrogens is 248 g/mol. The van der Waals surface area contributed by atoms with Crippen LogP contribution in [0.4, 0.5) is 11.4 Å². The second-order valence-corrected chi connectivity index (χ2v) is 4.87. The number of aromatic nitrogens is 2. The molecule has 0 amide bonds. The predicted molar refractivity (Wildman–Crippen MR) is 76.4 cm³/mol. The van der Waals surface area contributed by atoms with Gasteiger partial charge in [0.1, 0.15) is 0 Å². The van der Waals surface area contributed by atoms with Gasteiger partial charge in [0.15, 0.2) is 0 Å². The molecule has 0 unspecified atom stereocenters. The minimum atomic E-state index is 0.726. The van der Waals surface area contributed by atoms with Gasteiger partial charge in [-0.3, -0.25) is 5.10 Å². The summed E-state index contributed by atoms with van der Waals surface area (Å²) in [6.07, 6.45) is 1.84. The number of hydrogen-bond donors (Lipinski definition) is 2. The Balaban J connectivity index is 2.18. The molecule has 1 aromatic heterocycles. The highest BCUT2D eigenvalue weighted by Gasteiger charge is 2.06. The fourth-order valence-electron chi connectivity index (χ4n) is 1.78. The Labute approximate surface area is 112 Å². The van der Waals surface area contributed by atoms with Crippen molar-refractivity contribution in [1.29, 1.82) is 0 Å². The maximum absolute atomic E-state index is 6.04. The van der Waals surface area contributed by atoms with E-state index in [1.54, 1.807) is 0 Å². The molecule has 0 aliphatic rings. The van der Waals surface area contributed by atoms with Crippen molar-refractivity contribution in [2.45, 2.75) is 13.5 Å². The van der Waals surface area contributed by atoms with Gasteiger partial charge in [0.05, 0.1) is 17.6 Å². The van der Waals surface area contributed by atoms with Gasteiger partial charge in [-0.05, 0) is 25.1 Å². The highest BCUT2D eigenvalue weighted by molar-refractivity contribution is 6.31. The summed E-state index contributed by atoms with van der Waals surface area (Å²) < 4.78 is 0. The third-order valence-electron chi connectivity index (χ3n) is 2.84. The lowest BCUT2D eigenvalue weighted by Crippen LogP contribution is -2.12. The Morgan fingerprint density at radius 1 is 1.39 bits per heavy atom. The fourth-order valence-corrected chi connectivity index (χ4v) is 1.96. The molecule has 2 N–H and O–H groups in total. The van der Waals surface area contributed by atoms with E-state index in [2.05, 4.69) is 20.4 Å². The van der Waals surface area contributed by atoms with Gasteiger partial charge in [-0.25, -0.2) is 0 Å². The van der Waals surface area contributed by atoms with Gasteiger partial charge in [-0.2, -0.15) is 5.10 Å². The molecule has 2 rings (SSSR count). The van der Waals surface area contributed by atoms with Crippen LogP contribution >= 0.6 is 11.6 Å². The van der Waals surface area contributed by atoms with E-state index in [1.165, 1.54) is 0 Å². The summed E-state index contributed by atoms with van der Waals surface area (Å²) >= 11 is 6.04.